The van der Waals surface area contributed by atoms with Crippen molar-refractivity contribution in [3.8, 4) is 17.2 Å². The highest BCUT2D eigenvalue weighted by Crippen LogP contribution is 2.23. The Kier molecular flexibility index (Phi) is 6.04. The maximum absolute atomic E-state index is 12.3. The van der Waals surface area contributed by atoms with E-state index in [1.807, 2.05) is 24.3 Å². The molecule has 2 aromatic rings. The number of nitriles is 1. The first-order valence-electron chi connectivity index (χ1n) is 9.25. The summed E-state index contributed by atoms with van der Waals surface area (Å²) in [5.74, 6) is -0.0622. The van der Waals surface area contributed by atoms with Crippen molar-refractivity contribution in [3.63, 3.8) is 0 Å². The molecule has 1 aliphatic heterocycles. The lowest BCUT2D eigenvalue weighted by Gasteiger charge is -2.23. The minimum atomic E-state index is -0.504. The highest BCUT2D eigenvalue weighted by atomic mass is 16.2. The van der Waals surface area contributed by atoms with Crippen LogP contribution in [0.3, 0.4) is 0 Å². The molecule has 1 saturated heterocycles. The van der Waals surface area contributed by atoms with E-state index >= 15 is 0 Å². The number of nitrogens with one attached hydrogen (secondary N) is 2. The van der Waals surface area contributed by atoms with Crippen LogP contribution >= 0.6 is 0 Å². The van der Waals surface area contributed by atoms with Gasteiger partial charge in [-0.15, -0.1) is 0 Å². The van der Waals surface area contributed by atoms with E-state index in [9.17, 15) is 10.1 Å². The zero-order valence-electron chi connectivity index (χ0n) is 15.2. The summed E-state index contributed by atoms with van der Waals surface area (Å²) in [5, 5.41) is 15.5. The minimum absolute atomic E-state index is 0.0622. The van der Waals surface area contributed by atoms with Crippen molar-refractivity contribution in [2.75, 3.05) is 6.54 Å². The van der Waals surface area contributed by atoms with Crippen LogP contribution in [-0.2, 0) is 11.2 Å². The van der Waals surface area contributed by atoms with Gasteiger partial charge < -0.3 is 10.6 Å². The van der Waals surface area contributed by atoms with E-state index < -0.39 is 6.04 Å². The van der Waals surface area contributed by atoms with Gasteiger partial charge in [0.15, 0.2) is 0 Å². The Hall–Kier alpha value is -2.64. The molecule has 0 aliphatic carbocycles. The van der Waals surface area contributed by atoms with Gasteiger partial charge in [-0.25, -0.2) is 0 Å². The lowest BCUT2D eigenvalue weighted by molar-refractivity contribution is -0.124. The molecule has 0 spiro atoms. The van der Waals surface area contributed by atoms with Crippen LogP contribution in [0.25, 0.3) is 11.1 Å². The van der Waals surface area contributed by atoms with E-state index in [0.717, 1.165) is 36.9 Å². The van der Waals surface area contributed by atoms with Crippen LogP contribution in [0.15, 0.2) is 48.5 Å². The maximum Gasteiger partial charge on any atom is 0.238 e. The number of nitrogens with zero attached hydrogens (tertiary/aromatic N) is 1. The van der Waals surface area contributed by atoms with Crippen molar-refractivity contribution in [1.82, 2.24) is 10.6 Å². The van der Waals surface area contributed by atoms with E-state index in [-0.39, 0.29) is 11.9 Å². The SMILES string of the molecule is Cc1ccccc1-c1ccc(C[C@@H](C#N)NC(=O)C2CCCCN2)cc1. The predicted octanol–water partition coefficient (Wildman–Crippen LogP) is 3.36. The fourth-order valence-corrected chi connectivity index (χ4v) is 3.43. The van der Waals surface area contributed by atoms with Gasteiger partial charge in [0, 0.05) is 6.42 Å². The Bertz CT molecular complexity index is 786. The molecule has 1 aliphatic rings. The summed E-state index contributed by atoms with van der Waals surface area (Å²) in [7, 11) is 0. The van der Waals surface area contributed by atoms with Gasteiger partial charge in [0.2, 0.25) is 5.91 Å². The first-order valence-corrected chi connectivity index (χ1v) is 9.25. The molecule has 3 rings (SSSR count). The van der Waals surface area contributed by atoms with Crippen LogP contribution in [0, 0.1) is 18.3 Å². The van der Waals surface area contributed by atoms with Crippen LogP contribution in [0.1, 0.15) is 30.4 Å². The molecule has 134 valence electrons. The van der Waals surface area contributed by atoms with Crippen LogP contribution in [-0.4, -0.2) is 24.5 Å². The Labute approximate surface area is 155 Å². The normalized spacial score (nSPS) is 17.9. The fourth-order valence-electron chi connectivity index (χ4n) is 3.43. The maximum atomic E-state index is 12.3. The Morgan fingerprint density at radius 3 is 2.65 bits per heavy atom. The highest BCUT2D eigenvalue weighted by molar-refractivity contribution is 5.82. The molecule has 1 heterocycles. The smallest absolute Gasteiger partial charge is 0.238 e. The zero-order valence-corrected chi connectivity index (χ0v) is 15.2. The standard InChI is InChI=1S/C22H25N3O/c1-16-6-2-3-7-20(16)18-11-9-17(10-12-18)14-19(15-23)25-22(26)21-8-4-5-13-24-21/h2-3,6-7,9-12,19,21,24H,4-5,8,13-14H2,1H3,(H,25,26)/t19-,21?/m0/s1. The van der Waals surface area contributed by atoms with E-state index in [2.05, 4.69) is 47.9 Å². The predicted molar refractivity (Wildman–Crippen MR) is 104 cm³/mol. The summed E-state index contributed by atoms with van der Waals surface area (Å²) >= 11 is 0. The third-order valence-electron chi connectivity index (χ3n) is 4.95. The number of piperidine rings is 1. The quantitative estimate of drug-likeness (QED) is 0.872. The lowest BCUT2D eigenvalue weighted by Crippen LogP contribution is -2.49. The summed E-state index contributed by atoms with van der Waals surface area (Å²) < 4.78 is 0. The number of amides is 1. The van der Waals surface area contributed by atoms with E-state index in [4.69, 9.17) is 0 Å². The third kappa shape index (κ3) is 4.50. The molecule has 1 unspecified atom stereocenters. The zero-order chi connectivity index (χ0) is 18.4. The third-order valence-corrected chi connectivity index (χ3v) is 4.95. The van der Waals surface area contributed by atoms with E-state index in [0.29, 0.717) is 6.42 Å². The molecule has 4 nitrogen and oxygen atoms in total. The average molecular weight is 347 g/mol. The van der Waals surface area contributed by atoms with E-state index in [1.54, 1.807) is 0 Å². The summed E-state index contributed by atoms with van der Waals surface area (Å²) in [6.45, 7) is 2.97. The molecule has 4 heteroatoms. The number of rotatable bonds is 5. The van der Waals surface area contributed by atoms with Crippen molar-refractivity contribution < 1.29 is 4.79 Å². The van der Waals surface area contributed by atoms with Gasteiger partial charge in [0.25, 0.3) is 0 Å². The Morgan fingerprint density at radius 1 is 1.23 bits per heavy atom. The van der Waals surface area contributed by atoms with E-state index in [1.165, 1.54) is 11.1 Å². The number of carbonyl (C=O) groups excluding carboxylic acids is 1. The van der Waals surface area contributed by atoms with Gasteiger partial charge in [-0.1, -0.05) is 55.0 Å². The number of carbonyl (C=O) groups is 1. The van der Waals surface area contributed by atoms with Crippen LogP contribution < -0.4 is 10.6 Å². The second kappa shape index (κ2) is 8.64. The van der Waals surface area contributed by atoms with Gasteiger partial charge >= 0.3 is 0 Å². The number of aryl methyl sites for hydroxylation is 1. The molecule has 0 aromatic heterocycles. The molecule has 0 bridgehead atoms. The first-order chi connectivity index (χ1) is 12.7. The van der Waals surface area contributed by atoms with Gasteiger partial charge in [-0.2, -0.15) is 5.26 Å². The molecule has 2 atom stereocenters. The Balaban J connectivity index is 1.62. The van der Waals surface area contributed by atoms with Gasteiger partial charge in [-0.3, -0.25) is 4.79 Å². The summed E-state index contributed by atoms with van der Waals surface area (Å²) in [5.41, 5.74) is 4.66. The van der Waals surface area contributed by atoms with Crippen LogP contribution in [0.2, 0.25) is 0 Å². The molecule has 1 fully saturated rings. The molecule has 26 heavy (non-hydrogen) atoms. The fraction of sp³-hybridized carbons (Fsp3) is 0.364. The number of benzene rings is 2. The van der Waals surface area contributed by atoms with Crippen molar-refractivity contribution >= 4 is 5.91 Å². The van der Waals surface area contributed by atoms with Crippen molar-refractivity contribution in [1.29, 1.82) is 5.26 Å². The monoisotopic (exact) mass is 347 g/mol. The van der Waals surface area contributed by atoms with Crippen molar-refractivity contribution in [3.05, 3.63) is 59.7 Å². The topological polar surface area (TPSA) is 64.9 Å². The van der Waals surface area contributed by atoms with Gasteiger partial charge in [-0.05, 0) is 48.6 Å². The number of hydrogen-bond donors (Lipinski definition) is 2. The van der Waals surface area contributed by atoms with Gasteiger partial charge in [0.1, 0.15) is 6.04 Å². The highest BCUT2D eigenvalue weighted by Gasteiger charge is 2.22. The largest absolute Gasteiger partial charge is 0.339 e. The molecular formula is C22H25N3O. The van der Waals surface area contributed by atoms with Crippen LogP contribution in [0.5, 0.6) is 0 Å². The molecule has 2 N–H and O–H groups in total. The molecular weight excluding hydrogens is 322 g/mol. The van der Waals surface area contributed by atoms with Crippen LogP contribution in [0.4, 0.5) is 0 Å². The average Bonchev–Trinajstić information content (AvgIpc) is 2.69. The van der Waals surface area contributed by atoms with Gasteiger partial charge in [0.05, 0.1) is 12.1 Å². The Morgan fingerprint density at radius 2 is 2.00 bits per heavy atom. The summed E-state index contributed by atoms with van der Waals surface area (Å²) in [4.78, 5) is 12.3. The summed E-state index contributed by atoms with van der Waals surface area (Å²) in [6.07, 6.45) is 3.53. The second-order valence-corrected chi connectivity index (χ2v) is 6.91. The second-order valence-electron chi connectivity index (χ2n) is 6.91. The molecule has 1 amide bonds. The summed E-state index contributed by atoms with van der Waals surface area (Å²) in [6, 6.07) is 18.1. The molecule has 0 saturated carbocycles. The molecule has 2 aromatic carbocycles. The van der Waals surface area contributed by atoms with Crippen molar-refractivity contribution in [2.24, 2.45) is 0 Å². The van der Waals surface area contributed by atoms with Crippen molar-refractivity contribution in [2.45, 2.75) is 44.7 Å². The minimum Gasteiger partial charge on any atom is -0.339 e. The number of hydrogen-bond acceptors (Lipinski definition) is 3. The lowest BCUT2D eigenvalue weighted by atomic mass is 9.98. The molecule has 0 radical (unpaired) electrons. The first kappa shape index (κ1) is 18.2.